The highest BCUT2D eigenvalue weighted by Gasteiger charge is 2.49. The molecule has 0 aromatic carbocycles. The Bertz CT molecular complexity index is 583. The van der Waals surface area contributed by atoms with Crippen LogP contribution in [0, 0.1) is 5.92 Å². The van der Waals surface area contributed by atoms with Crippen LogP contribution in [0.25, 0.3) is 0 Å². The zero-order chi connectivity index (χ0) is 19.5. The first kappa shape index (κ1) is 20.2. The normalized spacial score (nSPS) is 22.5. The van der Waals surface area contributed by atoms with Crippen molar-refractivity contribution in [1.82, 2.24) is 15.1 Å². The first-order valence-electron chi connectivity index (χ1n) is 9.33. The lowest BCUT2D eigenvalue weighted by Gasteiger charge is -2.48. The molecule has 2 aliphatic rings. The molecule has 2 N–H and O–H groups in total. The van der Waals surface area contributed by atoms with Crippen molar-refractivity contribution in [3.05, 3.63) is 0 Å². The highest BCUT2D eigenvalue weighted by Crippen LogP contribution is 2.32. The van der Waals surface area contributed by atoms with Crippen molar-refractivity contribution in [1.29, 1.82) is 0 Å². The molecule has 2 rings (SSSR count). The lowest BCUT2D eigenvalue weighted by Crippen LogP contribution is -2.67. The van der Waals surface area contributed by atoms with Crippen molar-refractivity contribution in [2.45, 2.75) is 70.9 Å². The SMILES string of the molecule is CCC(C)(C)N1C(=O)C(C(=O)NCC(=O)O)CN(C2CCCCC2)C1=O. The molecule has 0 spiro atoms. The maximum absolute atomic E-state index is 13.1. The molecule has 26 heavy (non-hydrogen) atoms. The summed E-state index contributed by atoms with van der Waals surface area (Å²) in [5.74, 6) is -3.42. The molecule has 0 aromatic rings. The van der Waals surface area contributed by atoms with Crippen LogP contribution in [0.4, 0.5) is 4.79 Å². The summed E-state index contributed by atoms with van der Waals surface area (Å²) in [6.45, 7) is 4.97. The summed E-state index contributed by atoms with van der Waals surface area (Å²) >= 11 is 0. The van der Waals surface area contributed by atoms with Crippen LogP contribution in [0.15, 0.2) is 0 Å². The molecule has 146 valence electrons. The van der Waals surface area contributed by atoms with Gasteiger partial charge in [-0.05, 0) is 33.1 Å². The number of carboxylic acids is 1. The Balaban J connectivity index is 2.29. The van der Waals surface area contributed by atoms with Gasteiger partial charge in [-0.2, -0.15) is 0 Å². The zero-order valence-corrected chi connectivity index (χ0v) is 15.8. The second-order valence-electron chi connectivity index (χ2n) is 7.73. The minimum atomic E-state index is -1.17. The molecular formula is C18H29N3O5. The van der Waals surface area contributed by atoms with Gasteiger partial charge in [-0.15, -0.1) is 0 Å². The molecule has 2 fully saturated rings. The standard InChI is InChI=1S/C18H29N3O5/c1-4-18(2,3)21-16(25)13(15(24)19-10-14(22)23)11-20(17(21)26)12-8-6-5-7-9-12/h12-13H,4-11H2,1-3H3,(H,19,24)(H,22,23). The van der Waals surface area contributed by atoms with Crippen LogP contribution in [0.5, 0.6) is 0 Å². The molecule has 1 atom stereocenters. The number of hydrogen-bond donors (Lipinski definition) is 2. The van der Waals surface area contributed by atoms with Crippen LogP contribution < -0.4 is 5.32 Å². The number of rotatable bonds is 6. The van der Waals surface area contributed by atoms with E-state index >= 15 is 0 Å². The number of carboxylic acid groups (broad SMARTS) is 1. The van der Waals surface area contributed by atoms with Gasteiger partial charge in [0.05, 0.1) is 0 Å². The molecule has 8 nitrogen and oxygen atoms in total. The van der Waals surface area contributed by atoms with Gasteiger partial charge in [0.15, 0.2) is 0 Å². The van der Waals surface area contributed by atoms with Crippen LogP contribution in [-0.2, 0) is 14.4 Å². The Morgan fingerprint density at radius 2 is 1.81 bits per heavy atom. The predicted molar refractivity (Wildman–Crippen MR) is 94.3 cm³/mol. The van der Waals surface area contributed by atoms with Gasteiger partial charge in [0, 0.05) is 18.1 Å². The van der Waals surface area contributed by atoms with E-state index in [9.17, 15) is 19.2 Å². The van der Waals surface area contributed by atoms with Crippen LogP contribution >= 0.6 is 0 Å². The number of urea groups is 1. The van der Waals surface area contributed by atoms with Crippen LogP contribution in [-0.4, -0.2) is 63.4 Å². The predicted octanol–water partition coefficient (Wildman–Crippen LogP) is 1.59. The molecule has 1 aliphatic carbocycles. The molecule has 0 radical (unpaired) electrons. The first-order valence-corrected chi connectivity index (χ1v) is 9.33. The molecule has 0 bridgehead atoms. The Kier molecular flexibility index (Phi) is 6.26. The van der Waals surface area contributed by atoms with Crippen molar-refractivity contribution < 1.29 is 24.3 Å². The minimum absolute atomic E-state index is 0.0179. The van der Waals surface area contributed by atoms with E-state index in [0.29, 0.717) is 6.42 Å². The maximum Gasteiger partial charge on any atom is 0.327 e. The molecule has 1 aliphatic heterocycles. The molecule has 1 saturated heterocycles. The fraction of sp³-hybridized carbons (Fsp3) is 0.778. The number of nitrogens with zero attached hydrogens (tertiary/aromatic N) is 2. The van der Waals surface area contributed by atoms with E-state index in [-0.39, 0.29) is 18.6 Å². The Morgan fingerprint density at radius 1 is 1.19 bits per heavy atom. The van der Waals surface area contributed by atoms with E-state index in [2.05, 4.69) is 5.32 Å². The maximum atomic E-state index is 13.1. The van der Waals surface area contributed by atoms with Crippen molar-refractivity contribution in [3.8, 4) is 0 Å². The van der Waals surface area contributed by atoms with E-state index < -0.39 is 35.8 Å². The zero-order valence-electron chi connectivity index (χ0n) is 15.8. The summed E-state index contributed by atoms with van der Waals surface area (Å²) in [4.78, 5) is 52.0. The molecule has 8 heteroatoms. The fourth-order valence-electron chi connectivity index (χ4n) is 3.63. The van der Waals surface area contributed by atoms with E-state index in [0.717, 1.165) is 32.1 Å². The fourth-order valence-corrected chi connectivity index (χ4v) is 3.63. The molecule has 1 saturated carbocycles. The van der Waals surface area contributed by atoms with Gasteiger partial charge in [0.1, 0.15) is 12.5 Å². The van der Waals surface area contributed by atoms with Crippen molar-refractivity contribution >= 4 is 23.8 Å². The van der Waals surface area contributed by atoms with Crippen molar-refractivity contribution in [2.24, 2.45) is 5.92 Å². The van der Waals surface area contributed by atoms with Gasteiger partial charge in [0.25, 0.3) is 0 Å². The quantitative estimate of drug-likeness (QED) is 0.693. The summed E-state index contributed by atoms with van der Waals surface area (Å²) in [6, 6.07) is -0.315. The van der Waals surface area contributed by atoms with Crippen LogP contribution in [0.1, 0.15) is 59.3 Å². The van der Waals surface area contributed by atoms with E-state index in [4.69, 9.17) is 5.11 Å². The second-order valence-corrected chi connectivity index (χ2v) is 7.73. The van der Waals surface area contributed by atoms with E-state index in [1.54, 1.807) is 18.7 Å². The average molecular weight is 367 g/mol. The van der Waals surface area contributed by atoms with Gasteiger partial charge in [-0.1, -0.05) is 26.2 Å². The Hall–Kier alpha value is -2.12. The van der Waals surface area contributed by atoms with Crippen molar-refractivity contribution in [2.75, 3.05) is 13.1 Å². The third-order valence-corrected chi connectivity index (χ3v) is 5.55. The number of carbonyl (C=O) groups excluding carboxylic acids is 3. The lowest BCUT2D eigenvalue weighted by molar-refractivity contribution is -0.149. The van der Waals surface area contributed by atoms with E-state index in [1.165, 1.54) is 4.90 Å². The molecule has 1 heterocycles. The Labute approximate surface area is 153 Å². The number of aliphatic carboxylic acids is 1. The summed E-state index contributed by atoms with van der Waals surface area (Å²) in [5, 5.41) is 11.1. The highest BCUT2D eigenvalue weighted by molar-refractivity contribution is 6.09. The average Bonchev–Trinajstić information content (AvgIpc) is 2.60. The molecule has 1 unspecified atom stereocenters. The summed E-state index contributed by atoms with van der Waals surface area (Å²) in [6.07, 6.45) is 5.47. The Morgan fingerprint density at radius 3 is 2.35 bits per heavy atom. The van der Waals surface area contributed by atoms with Gasteiger partial charge in [-0.25, -0.2) is 4.79 Å². The highest BCUT2D eigenvalue weighted by atomic mass is 16.4. The van der Waals surface area contributed by atoms with Crippen LogP contribution in [0.3, 0.4) is 0 Å². The monoisotopic (exact) mass is 367 g/mol. The summed E-state index contributed by atoms with van der Waals surface area (Å²) < 4.78 is 0. The summed E-state index contributed by atoms with van der Waals surface area (Å²) in [7, 11) is 0. The minimum Gasteiger partial charge on any atom is -0.480 e. The smallest absolute Gasteiger partial charge is 0.327 e. The third kappa shape index (κ3) is 4.16. The lowest BCUT2D eigenvalue weighted by atomic mass is 9.90. The van der Waals surface area contributed by atoms with Crippen LogP contribution in [0.2, 0.25) is 0 Å². The topological polar surface area (TPSA) is 107 Å². The van der Waals surface area contributed by atoms with Crippen molar-refractivity contribution in [3.63, 3.8) is 0 Å². The molecular weight excluding hydrogens is 338 g/mol. The molecule has 0 aromatic heterocycles. The van der Waals surface area contributed by atoms with E-state index in [1.807, 2.05) is 6.92 Å². The number of amides is 4. The van der Waals surface area contributed by atoms with Gasteiger partial charge in [0.2, 0.25) is 11.8 Å². The van der Waals surface area contributed by atoms with Gasteiger partial charge >= 0.3 is 12.0 Å². The van der Waals surface area contributed by atoms with Gasteiger partial charge < -0.3 is 15.3 Å². The third-order valence-electron chi connectivity index (χ3n) is 5.55. The second kappa shape index (κ2) is 8.05. The number of nitrogens with one attached hydrogen (secondary N) is 1. The van der Waals surface area contributed by atoms with Gasteiger partial charge in [-0.3, -0.25) is 19.3 Å². The number of hydrogen-bond acceptors (Lipinski definition) is 4. The first-order chi connectivity index (χ1) is 12.2. The number of carbonyl (C=O) groups is 4. The molecule has 4 amide bonds. The summed E-state index contributed by atoms with van der Waals surface area (Å²) in [5.41, 5.74) is -0.715. The largest absolute Gasteiger partial charge is 0.480 e. The number of imide groups is 1.